The van der Waals surface area contributed by atoms with Gasteiger partial charge in [0.2, 0.25) is 5.91 Å². The number of hydrogen-bond acceptors (Lipinski definition) is 6. The number of nitrogens with zero attached hydrogens (tertiary/aromatic N) is 3. The maximum Gasteiger partial charge on any atom is 0.268 e. The van der Waals surface area contributed by atoms with Crippen molar-refractivity contribution in [1.82, 2.24) is 15.0 Å². The summed E-state index contributed by atoms with van der Waals surface area (Å²) in [4.78, 5) is 19.8. The van der Waals surface area contributed by atoms with Gasteiger partial charge < -0.3 is 14.2 Å². The van der Waals surface area contributed by atoms with Gasteiger partial charge in [-0.3, -0.25) is 4.79 Å². The van der Waals surface area contributed by atoms with Crippen LogP contribution in [0.3, 0.4) is 0 Å². The topological polar surface area (TPSA) is 68.5 Å². The van der Waals surface area contributed by atoms with Crippen LogP contribution in [0.4, 0.5) is 0 Å². The molecule has 3 heterocycles. The molecule has 4 rings (SSSR count). The molecule has 0 aliphatic carbocycles. The number of likely N-dealkylation sites (tertiary alicyclic amines) is 1. The van der Waals surface area contributed by atoms with Crippen LogP contribution in [-0.4, -0.2) is 34.6 Å². The van der Waals surface area contributed by atoms with Gasteiger partial charge in [-0.2, -0.15) is 4.98 Å². The zero-order valence-corrected chi connectivity index (χ0v) is 15.5. The van der Waals surface area contributed by atoms with Crippen LogP contribution in [-0.2, 0) is 11.3 Å². The van der Waals surface area contributed by atoms with Crippen molar-refractivity contribution in [2.75, 3.05) is 13.7 Å². The Kier molecular flexibility index (Phi) is 4.46. The van der Waals surface area contributed by atoms with Gasteiger partial charge in [0, 0.05) is 31.0 Å². The van der Waals surface area contributed by atoms with Crippen LogP contribution in [0.25, 0.3) is 10.8 Å². The maximum atomic E-state index is 12.5. The second-order valence-corrected chi connectivity index (χ2v) is 7.29. The zero-order chi connectivity index (χ0) is 18.1. The van der Waals surface area contributed by atoms with E-state index in [-0.39, 0.29) is 11.8 Å². The summed E-state index contributed by atoms with van der Waals surface area (Å²) in [5.41, 5.74) is 2.11. The summed E-state index contributed by atoms with van der Waals surface area (Å²) >= 11 is 1.58. The number of rotatable bonds is 5. The van der Waals surface area contributed by atoms with Crippen molar-refractivity contribution in [3.63, 3.8) is 0 Å². The van der Waals surface area contributed by atoms with E-state index in [0.717, 1.165) is 21.8 Å². The fourth-order valence-corrected chi connectivity index (χ4v) is 4.07. The molecule has 3 aromatic rings. The first-order valence-corrected chi connectivity index (χ1v) is 9.31. The van der Waals surface area contributed by atoms with Gasteiger partial charge >= 0.3 is 0 Å². The highest BCUT2D eigenvalue weighted by atomic mass is 32.1. The van der Waals surface area contributed by atoms with Crippen LogP contribution < -0.4 is 4.74 Å². The van der Waals surface area contributed by atoms with Crippen molar-refractivity contribution in [3.8, 4) is 16.5 Å². The molecule has 0 N–H and O–H groups in total. The number of thiophene rings is 1. The van der Waals surface area contributed by atoms with E-state index in [2.05, 4.69) is 10.1 Å². The Labute approximate surface area is 155 Å². The average molecular weight is 369 g/mol. The largest absolute Gasteiger partial charge is 0.496 e. The molecule has 6 nitrogen and oxygen atoms in total. The molecule has 1 aromatic carbocycles. The molecule has 26 heavy (non-hydrogen) atoms. The molecule has 134 valence electrons. The normalized spacial score (nSPS) is 17.1. The second kappa shape index (κ2) is 6.92. The lowest BCUT2D eigenvalue weighted by Gasteiger charge is -2.17. The van der Waals surface area contributed by atoms with E-state index in [9.17, 15) is 4.79 Å². The van der Waals surface area contributed by atoms with Crippen molar-refractivity contribution < 1.29 is 14.1 Å². The Morgan fingerprint density at radius 3 is 2.96 bits per heavy atom. The molecule has 2 aromatic heterocycles. The van der Waals surface area contributed by atoms with E-state index < -0.39 is 0 Å². The number of benzene rings is 1. The number of aryl methyl sites for hydroxylation is 1. The Morgan fingerprint density at radius 2 is 2.19 bits per heavy atom. The lowest BCUT2D eigenvalue weighted by molar-refractivity contribution is -0.128. The second-order valence-electron chi connectivity index (χ2n) is 6.38. The summed E-state index contributed by atoms with van der Waals surface area (Å²) in [6.45, 7) is 3.12. The van der Waals surface area contributed by atoms with E-state index >= 15 is 0 Å². The van der Waals surface area contributed by atoms with Crippen LogP contribution in [0.15, 0.2) is 40.2 Å². The van der Waals surface area contributed by atoms with Gasteiger partial charge in [-0.1, -0.05) is 23.4 Å². The highest BCUT2D eigenvalue weighted by molar-refractivity contribution is 7.13. The van der Waals surface area contributed by atoms with Gasteiger partial charge in [0.25, 0.3) is 5.89 Å². The smallest absolute Gasteiger partial charge is 0.268 e. The molecule has 0 unspecified atom stereocenters. The molecule has 1 aliphatic rings. The molecule has 1 amide bonds. The number of hydrogen-bond donors (Lipinski definition) is 0. The monoisotopic (exact) mass is 369 g/mol. The van der Waals surface area contributed by atoms with E-state index in [1.54, 1.807) is 18.4 Å². The van der Waals surface area contributed by atoms with Crippen LogP contribution in [0.5, 0.6) is 5.75 Å². The van der Waals surface area contributed by atoms with Crippen LogP contribution in [0, 0.1) is 6.92 Å². The fraction of sp³-hybridized carbons (Fsp3) is 0.316. The first kappa shape index (κ1) is 16.8. The van der Waals surface area contributed by atoms with Crippen molar-refractivity contribution in [1.29, 1.82) is 0 Å². The first-order valence-electron chi connectivity index (χ1n) is 8.43. The molecule has 1 aliphatic heterocycles. The number of methoxy groups -OCH3 is 1. The number of carbonyl (C=O) groups is 1. The molecule has 0 radical (unpaired) electrons. The molecular weight excluding hydrogens is 350 g/mol. The van der Waals surface area contributed by atoms with Gasteiger partial charge in [0.1, 0.15) is 5.75 Å². The Bertz CT molecular complexity index is 934. The molecule has 7 heteroatoms. The van der Waals surface area contributed by atoms with Crippen LogP contribution in [0.2, 0.25) is 0 Å². The number of carbonyl (C=O) groups excluding carboxylic acids is 1. The predicted molar refractivity (Wildman–Crippen MR) is 98.1 cm³/mol. The fourth-order valence-electron chi connectivity index (χ4n) is 3.22. The van der Waals surface area contributed by atoms with Gasteiger partial charge in [-0.15, -0.1) is 11.3 Å². The van der Waals surface area contributed by atoms with Gasteiger partial charge in [0.05, 0.1) is 12.0 Å². The van der Waals surface area contributed by atoms with Crippen molar-refractivity contribution in [2.45, 2.75) is 25.8 Å². The SMILES string of the molecule is COc1ccccc1CN1C[C@H](c2noc(-c3sccc3C)n2)CC1=O. The third-order valence-corrected chi connectivity index (χ3v) is 5.64. The quantitative estimate of drug-likeness (QED) is 0.687. The van der Waals surface area contributed by atoms with Crippen molar-refractivity contribution in [2.24, 2.45) is 0 Å². The molecular formula is C19H19N3O3S. The molecule has 1 fully saturated rings. The molecule has 0 bridgehead atoms. The first-order chi connectivity index (χ1) is 12.7. The third-order valence-electron chi connectivity index (χ3n) is 4.63. The average Bonchev–Trinajstić information content (AvgIpc) is 3.36. The molecule has 0 saturated carbocycles. The minimum atomic E-state index is -0.0463. The summed E-state index contributed by atoms with van der Waals surface area (Å²) in [6.07, 6.45) is 0.400. The highest BCUT2D eigenvalue weighted by Crippen LogP contribution is 2.32. The lowest BCUT2D eigenvalue weighted by Crippen LogP contribution is -2.24. The molecule has 1 saturated heterocycles. The minimum Gasteiger partial charge on any atom is -0.496 e. The van der Waals surface area contributed by atoms with Gasteiger partial charge in [-0.25, -0.2) is 0 Å². The summed E-state index contributed by atoms with van der Waals surface area (Å²) in [5, 5.41) is 6.12. The number of aromatic nitrogens is 2. The number of ether oxygens (including phenoxy) is 1. The van der Waals surface area contributed by atoms with Gasteiger partial charge in [-0.05, 0) is 30.0 Å². The summed E-state index contributed by atoms with van der Waals surface area (Å²) < 4.78 is 10.8. The number of para-hydroxylation sites is 1. The summed E-state index contributed by atoms with van der Waals surface area (Å²) in [5.74, 6) is 1.97. The predicted octanol–water partition coefficient (Wildman–Crippen LogP) is 3.63. The van der Waals surface area contributed by atoms with E-state index in [1.165, 1.54) is 0 Å². The maximum absolute atomic E-state index is 12.5. The van der Waals surface area contributed by atoms with E-state index in [0.29, 0.717) is 31.2 Å². The summed E-state index contributed by atoms with van der Waals surface area (Å²) in [6, 6.07) is 9.78. The van der Waals surface area contributed by atoms with E-state index in [1.807, 2.05) is 47.5 Å². The van der Waals surface area contributed by atoms with Crippen LogP contribution >= 0.6 is 11.3 Å². The van der Waals surface area contributed by atoms with Crippen LogP contribution in [0.1, 0.15) is 29.3 Å². The standard InChI is InChI=1S/C19H19N3O3S/c1-12-7-8-26-17(12)19-20-18(21-25-19)14-9-16(23)22(11-14)10-13-5-3-4-6-15(13)24-2/h3-8,14H,9-11H2,1-2H3/t14-/m1/s1. The molecule has 0 spiro atoms. The van der Waals surface area contributed by atoms with Crippen molar-refractivity contribution >= 4 is 17.2 Å². The molecule has 1 atom stereocenters. The van der Waals surface area contributed by atoms with E-state index in [4.69, 9.17) is 9.26 Å². The lowest BCUT2D eigenvalue weighted by atomic mass is 10.1. The summed E-state index contributed by atoms with van der Waals surface area (Å²) in [7, 11) is 1.64. The number of amides is 1. The Morgan fingerprint density at radius 1 is 1.35 bits per heavy atom. The zero-order valence-electron chi connectivity index (χ0n) is 14.6. The Balaban J connectivity index is 1.50. The Hall–Kier alpha value is -2.67. The van der Waals surface area contributed by atoms with Crippen molar-refractivity contribution in [3.05, 3.63) is 52.7 Å². The highest BCUT2D eigenvalue weighted by Gasteiger charge is 2.34. The van der Waals surface area contributed by atoms with Gasteiger partial charge in [0.15, 0.2) is 5.82 Å². The minimum absolute atomic E-state index is 0.0463. The third kappa shape index (κ3) is 3.10.